The number of hydrogen-bond acceptors (Lipinski definition) is 5. The van der Waals surface area contributed by atoms with E-state index in [-0.39, 0.29) is 23.5 Å². The number of rotatable bonds is 4. The molecule has 0 unspecified atom stereocenters. The summed E-state index contributed by atoms with van der Waals surface area (Å²) in [4.78, 5) is 15.2. The Labute approximate surface area is 134 Å². The third-order valence-corrected chi connectivity index (χ3v) is 4.64. The summed E-state index contributed by atoms with van der Waals surface area (Å²) < 4.78 is 36.6. The number of sulfonamides is 1. The van der Waals surface area contributed by atoms with Crippen molar-refractivity contribution in [1.29, 1.82) is 0 Å². The molecule has 1 aliphatic rings. The third-order valence-electron chi connectivity index (χ3n) is 3.73. The Kier molecular flexibility index (Phi) is 4.76. The van der Waals surface area contributed by atoms with Gasteiger partial charge in [0.05, 0.1) is 22.6 Å². The molecule has 128 valence electrons. The van der Waals surface area contributed by atoms with Gasteiger partial charge in [0.2, 0.25) is 10.0 Å². The topological polar surface area (TPSA) is 104 Å². The normalized spacial score (nSPS) is 21.9. The van der Waals surface area contributed by atoms with E-state index in [1.807, 2.05) is 0 Å². The van der Waals surface area contributed by atoms with E-state index in [0.29, 0.717) is 13.0 Å². The maximum atomic E-state index is 13.9. The fourth-order valence-corrected chi connectivity index (χ4v) is 3.30. The maximum Gasteiger partial charge on any atom is 0.256 e. The summed E-state index contributed by atoms with van der Waals surface area (Å²) in [5.41, 5.74) is -1.43. The molecule has 9 heteroatoms. The van der Waals surface area contributed by atoms with E-state index in [4.69, 9.17) is 5.14 Å². The molecule has 1 saturated heterocycles. The SMILES string of the molecule is CN(C)C[C@@]1(O)CCN(C(=O)c2cc(S(N)(=O)=O)ccc2F)C1. The lowest BCUT2D eigenvalue weighted by Crippen LogP contribution is -2.43. The Morgan fingerprint density at radius 3 is 2.70 bits per heavy atom. The first-order valence-corrected chi connectivity index (χ1v) is 8.55. The number of aliphatic hydroxyl groups is 1. The quantitative estimate of drug-likeness (QED) is 0.774. The zero-order valence-electron chi connectivity index (χ0n) is 13.0. The number of nitrogens with two attached hydrogens (primary N) is 1. The lowest BCUT2D eigenvalue weighted by atomic mass is 10.0. The number of halogens is 1. The minimum atomic E-state index is -4.03. The second-order valence-corrected chi connectivity index (χ2v) is 7.69. The van der Waals surface area contributed by atoms with E-state index >= 15 is 0 Å². The summed E-state index contributed by atoms with van der Waals surface area (Å²) in [7, 11) is -0.425. The summed E-state index contributed by atoms with van der Waals surface area (Å²) in [6.07, 6.45) is 0.368. The van der Waals surface area contributed by atoms with Crippen LogP contribution < -0.4 is 5.14 Å². The number of carbonyl (C=O) groups excluding carboxylic acids is 1. The van der Waals surface area contributed by atoms with Gasteiger partial charge in [-0.05, 0) is 38.7 Å². The molecule has 0 saturated carbocycles. The molecule has 23 heavy (non-hydrogen) atoms. The van der Waals surface area contributed by atoms with Gasteiger partial charge in [-0.1, -0.05) is 0 Å². The molecular formula is C14H20FN3O4S. The first kappa shape index (κ1) is 17.8. The predicted octanol–water partition coefficient (Wildman–Crippen LogP) is -0.388. The van der Waals surface area contributed by atoms with Crippen molar-refractivity contribution in [1.82, 2.24) is 9.80 Å². The molecular weight excluding hydrogens is 325 g/mol. The zero-order valence-corrected chi connectivity index (χ0v) is 13.8. The van der Waals surface area contributed by atoms with E-state index in [1.165, 1.54) is 4.90 Å². The molecule has 2 rings (SSSR count). The number of primary sulfonamides is 1. The second kappa shape index (κ2) is 6.16. The number of β-amino-alcohol motifs (C(OH)–C–C–N with tert-alkyl or cyclic N) is 1. The molecule has 0 radical (unpaired) electrons. The van der Waals surface area contributed by atoms with Gasteiger partial charge in [-0.15, -0.1) is 0 Å². The molecule has 7 nitrogen and oxygen atoms in total. The highest BCUT2D eigenvalue weighted by molar-refractivity contribution is 7.89. The van der Waals surface area contributed by atoms with E-state index < -0.39 is 27.3 Å². The highest BCUT2D eigenvalue weighted by Crippen LogP contribution is 2.25. The molecule has 1 aromatic rings. The Hall–Kier alpha value is -1.55. The number of nitrogens with zero attached hydrogens (tertiary/aromatic N) is 2. The largest absolute Gasteiger partial charge is 0.387 e. The average Bonchev–Trinajstić information content (AvgIpc) is 2.78. The van der Waals surface area contributed by atoms with Gasteiger partial charge in [0.1, 0.15) is 5.82 Å². The molecule has 1 fully saturated rings. The molecule has 0 aromatic heterocycles. The smallest absolute Gasteiger partial charge is 0.256 e. The number of amides is 1. The first-order chi connectivity index (χ1) is 10.5. The number of hydrogen-bond donors (Lipinski definition) is 2. The molecule has 0 bridgehead atoms. The van der Waals surface area contributed by atoms with Crippen LogP contribution in [0, 0.1) is 5.82 Å². The first-order valence-electron chi connectivity index (χ1n) is 7.01. The van der Waals surface area contributed by atoms with Crippen molar-refractivity contribution in [3.63, 3.8) is 0 Å². The van der Waals surface area contributed by atoms with Crippen LogP contribution >= 0.6 is 0 Å². The monoisotopic (exact) mass is 345 g/mol. The van der Waals surface area contributed by atoms with Crippen LogP contribution in [0.4, 0.5) is 4.39 Å². The van der Waals surface area contributed by atoms with Gasteiger partial charge in [0, 0.05) is 13.1 Å². The van der Waals surface area contributed by atoms with E-state index in [1.54, 1.807) is 19.0 Å². The summed E-state index contributed by atoms with van der Waals surface area (Å²) in [6, 6.07) is 2.83. The van der Waals surface area contributed by atoms with Crippen LogP contribution in [-0.4, -0.2) is 68.6 Å². The minimum Gasteiger partial charge on any atom is -0.387 e. The maximum absolute atomic E-state index is 13.9. The molecule has 1 aromatic carbocycles. The standard InChI is InChI=1S/C14H20FN3O4S/c1-17(2)8-14(20)5-6-18(9-14)13(19)11-7-10(23(16,21)22)3-4-12(11)15/h3-4,7,20H,5-6,8-9H2,1-2H3,(H2,16,21,22)/t14-/m0/s1. The van der Waals surface area contributed by atoms with E-state index in [2.05, 4.69) is 0 Å². The fraction of sp³-hybridized carbons (Fsp3) is 0.500. The van der Waals surface area contributed by atoms with Gasteiger partial charge in [-0.2, -0.15) is 0 Å². The summed E-state index contributed by atoms with van der Waals surface area (Å²) in [6.45, 7) is 0.696. The van der Waals surface area contributed by atoms with Gasteiger partial charge in [-0.3, -0.25) is 4.79 Å². The lowest BCUT2D eigenvalue weighted by molar-refractivity contribution is 0.0235. The average molecular weight is 345 g/mol. The molecule has 1 atom stereocenters. The van der Waals surface area contributed by atoms with Crippen LogP contribution in [-0.2, 0) is 10.0 Å². The van der Waals surface area contributed by atoms with Crippen molar-refractivity contribution >= 4 is 15.9 Å². The third kappa shape index (κ3) is 4.05. The van der Waals surface area contributed by atoms with Crippen molar-refractivity contribution in [2.75, 3.05) is 33.7 Å². The predicted molar refractivity (Wildman–Crippen MR) is 81.8 cm³/mol. The van der Waals surface area contributed by atoms with Crippen LogP contribution in [0.15, 0.2) is 23.1 Å². The molecule has 0 aliphatic carbocycles. The molecule has 1 heterocycles. The zero-order chi connectivity index (χ0) is 17.4. The second-order valence-electron chi connectivity index (χ2n) is 6.13. The Balaban J connectivity index is 2.25. The van der Waals surface area contributed by atoms with Gasteiger partial charge in [0.25, 0.3) is 5.91 Å². The minimum absolute atomic E-state index is 0.0586. The lowest BCUT2D eigenvalue weighted by Gasteiger charge is -2.26. The highest BCUT2D eigenvalue weighted by atomic mass is 32.2. The van der Waals surface area contributed by atoms with Gasteiger partial charge >= 0.3 is 0 Å². The van der Waals surface area contributed by atoms with Crippen LogP contribution in [0.25, 0.3) is 0 Å². The van der Waals surface area contributed by atoms with Crippen LogP contribution in [0.3, 0.4) is 0 Å². The summed E-state index contributed by atoms with van der Waals surface area (Å²) >= 11 is 0. The number of likely N-dealkylation sites (tertiary alicyclic amines) is 1. The Morgan fingerprint density at radius 1 is 1.48 bits per heavy atom. The number of benzene rings is 1. The van der Waals surface area contributed by atoms with Gasteiger partial charge in [-0.25, -0.2) is 17.9 Å². The van der Waals surface area contributed by atoms with Crippen molar-refractivity contribution in [3.8, 4) is 0 Å². The number of carbonyl (C=O) groups is 1. The molecule has 1 amide bonds. The fourth-order valence-electron chi connectivity index (χ4n) is 2.76. The Morgan fingerprint density at radius 2 is 2.13 bits per heavy atom. The van der Waals surface area contributed by atoms with Crippen molar-refractivity contribution in [3.05, 3.63) is 29.6 Å². The number of likely N-dealkylation sites (N-methyl/N-ethyl adjacent to an activating group) is 1. The van der Waals surface area contributed by atoms with Crippen LogP contribution in [0.1, 0.15) is 16.8 Å². The van der Waals surface area contributed by atoms with Crippen molar-refractivity contribution in [2.45, 2.75) is 16.9 Å². The van der Waals surface area contributed by atoms with E-state index in [0.717, 1.165) is 18.2 Å². The molecule has 0 spiro atoms. The van der Waals surface area contributed by atoms with Gasteiger partial charge in [0.15, 0.2) is 0 Å². The molecule has 1 aliphatic heterocycles. The van der Waals surface area contributed by atoms with Crippen LogP contribution in [0.2, 0.25) is 0 Å². The summed E-state index contributed by atoms with van der Waals surface area (Å²) in [5, 5.41) is 15.4. The van der Waals surface area contributed by atoms with Crippen LogP contribution in [0.5, 0.6) is 0 Å². The molecule has 3 N–H and O–H groups in total. The highest BCUT2D eigenvalue weighted by Gasteiger charge is 2.39. The summed E-state index contributed by atoms with van der Waals surface area (Å²) in [5.74, 6) is -1.49. The van der Waals surface area contributed by atoms with Crippen molar-refractivity contribution in [2.24, 2.45) is 5.14 Å². The van der Waals surface area contributed by atoms with E-state index in [9.17, 15) is 22.7 Å². The Bertz CT molecular complexity index is 723. The van der Waals surface area contributed by atoms with Gasteiger partial charge < -0.3 is 14.9 Å². The van der Waals surface area contributed by atoms with Crippen molar-refractivity contribution < 1.29 is 22.7 Å².